The van der Waals surface area contributed by atoms with Crippen LogP contribution in [-0.2, 0) is 10.8 Å². The highest BCUT2D eigenvalue weighted by Crippen LogP contribution is 2.64. The summed E-state index contributed by atoms with van der Waals surface area (Å²) in [5, 5.41) is 2.57. The molecule has 2 nitrogen and oxygen atoms in total. The molecule has 310 valence electrons. The summed E-state index contributed by atoms with van der Waals surface area (Å²) in [7, 11) is 0. The molecule has 0 N–H and O–H groups in total. The van der Waals surface area contributed by atoms with Crippen molar-refractivity contribution in [2.75, 3.05) is 4.90 Å². The minimum absolute atomic E-state index is 0.168. The van der Waals surface area contributed by atoms with Gasteiger partial charge in [-0.3, -0.25) is 0 Å². The Morgan fingerprint density at radius 2 is 0.939 bits per heavy atom. The number of hydrogen-bond acceptors (Lipinski definition) is 1. The fraction of sp³-hybridized carbons (Fsp3) is 0.0625. The molecular weight excluding hydrogens is 797 g/mol. The highest BCUT2D eigenvalue weighted by molar-refractivity contribution is 6.13. The number of benzene rings is 10. The molecule has 2 heteroatoms. The number of fused-ring (bicyclic) bond motifs is 15. The zero-order valence-corrected chi connectivity index (χ0v) is 36.8. The van der Waals surface area contributed by atoms with E-state index in [2.05, 4.69) is 254 Å². The van der Waals surface area contributed by atoms with Gasteiger partial charge in [0.1, 0.15) is 0 Å². The molecule has 14 rings (SSSR count). The van der Waals surface area contributed by atoms with Gasteiger partial charge in [-0.25, -0.2) is 0 Å². The van der Waals surface area contributed by atoms with Crippen LogP contribution in [0.4, 0.5) is 17.1 Å². The van der Waals surface area contributed by atoms with Gasteiger partial charge in [0.2, 0.25) is 0 Å². The standard InChI is InChI=1S/C64H44N2/c1-63(2)51-25-10-6-21-46(51)47-39-38-44(40-56(47)63)65(57-30-13-8-20-45(57)43-36-34-42(35-37-43)41-18-4-3-5-19-41)60-33-17-28-54-61(60)50-23-7-11-26-52(50)64(54)53-27-12-15-32-59(53)66-58-31-14-9-22-48(58)49-24-16-29-55(64)62(49)66/h3-40H,1-2H3. The molecule has 1 atom stereocenters. The summed E-state index contributed by atoms with van der Waals surface area (Å²) < 4.78 is 2.53. The predicted octanol–water partition coefficient (Wildman–Crippen LogP) is 16.6. The van der Waals surface area contributed by atoms with Crippen LogP contribution >= 0.6 is 0 Å². The van der Waals surface area contributed by atoms with Gasteiger partial charge in [0.15, 0.2) is 0 Å². The molecule has 3 aliphatic rings. The topological polar surface area (TPSA) is 8.17 Å². The molecular formula is C64H44N2. The molecule has 0 bridgehead atoms. The van der Waals surface area contributed by atoms with E-state index in [0.717, 1.165) is 17.1 Å². The molecule has 10 aromatic carbocycles. The average Bonchev–Trinajstić information content (AvgIpc) is 3.96. The molecule has 0 fully saturated rings. The van der Waals surface area contributed by atoms with Crippen LogP contribution < -0.4 is 4.90 Å². The van der Waals surface area contributed by atoms with Crippen molar-refractivity contribution in [2.24, 2.45) is 0 Å². The van der Waals surface area contributed by atoms with Gasteiger partial charge in [0, 0.05) is 33.0 Å². The maximum Gasteiger partial charge on any atom is 0.0755 e. The Hall–Kier alpha value is -8.20. The molecule has 2 aliphatic carbocycles. The maximum absolute atomic E-state index is 2.57. The summed E-state index contributed by atoms with van der Waals surface area (Å²) in [5.41, 5.74) is 24.4. The molecule has 1 aromatic heterocycles. The number of rotatable bonds is 5. The predicted molar refractivity (Wildman–Crippen MR) is 275 cm³/mol. The van der Waals surface area contributed by atoms with Crippen molar-refractivity contribution < 1.29 is 0 Å². The van der Waals surface area contributed by atoms with Crippen LogP contribution in [0.3, 0.4) is 0 Å². The Morgan fingerprint density at radius 1 is 0.364 bits per heavy atom. The molecule has 1 unspecified atom stereocenters. The van der Waals surface area contributed by atoms with E-state index >= 15 is 0 Å². The number of anilines is 3. The first-order valence-corrected chi connectivity index (χ1v) is 23.2. The minimum Gasteiger partial charge on any atom is -0.309 e. The van der Waals surface area contributed by atoms with Crippen molar-refractivity contribution in [3.63, 3.8) is 0 Å². The first kappa shape index (κ1) is 37.2. The maximum atomic E-state index is 2.57. The highest BCUT2D eigenvalue weighted by Gasteiger charge is 2.52. The van der Waals surface area contributed by atoms with Crippen LogP contribution in [0.15, 0.2) is 231 Å². The van der Waals surface area contributed by atoms with E-state index in [1.807, 2.05) is 0 Å². The van der Waals surface area contributed by atoms with Gasteiger partial charge in [-0.1, -0.05) is 208 Å². The summed E-state index contributed by atoms with van der Waals surface area (Å²) in [4.78, 5) is 2.57. The Labute approximate surface area is 385 Å². The lowest BCUT2D eigenvalue weighted by atomic mass is 9.65. The normalized spacial score (nSPS) is 15.6. The van der Waals surface area contributed by atoms with Crippen molar-refractivity contribution in [3.8, 4) is 50.2 Å². The molecule has 2 heterocycles. The van der Waals surface area contributed by atoms with Crippen molar-refractivity contribution in [3.05, 3.63) is 264 Å². The van der Waals surface area contributed by atoms with Gasteiger partial charge in [-0.15, -0.1) is 0 Å². The van der Waals surface area contributed by atoms with Crippen molar-refractivity contribution in [1.29, 1.82) is 0 Å². The van der Waals surface area contributed by atoms with Gasteiger partial charge in [-0.2, -0.15) is 0 Å². The lowest BCUT2D eigenvalue weighted by molar-refractivity contribution is 0.660. The Kier molecular flexibility index (Phi) is 7.70. The molecule has 0 saturated carbocycles. The second-order valence-electron chi connectivity index (χ2n) is 18.8. The third kappa shape index (κ3) is 4.85. The van der Waals surface area contributed by atoms with Crippen molar-refractivity contribution in [1.82, 2.24) is 4.57 Å². The quantitative estimate of drug-likeness (QED) is 0.168. The summed E-state index contributed by atoms with van der Waals surface area (Å²) >= 11 is 0. The lowest BCUT2D eigenvalue weighted by Crippen LogP contribution is -2.33. The first-order valence-electron chi connectivity index (χ1n) is 23.2. The summed E-state index contributed by atoms with van der Waals surface area (Å²) in [6.45, 7) is 4.77. The lowest BCUT2D eigenvalue weighted by Gasteiger charge is -2.39. The highest BCUT2D eigenvalue weighted by atomic mass is 15.1. The number of nitrogens with zero attached hydrogens (tertiary/aromatic N) is 2. The van der Waals surface area contributed by atoms with E-state index in [0.29, 0.717) is 0 Å². The average molecular weight is 841 g/mol. The van der Waals surface area contributed by atoms with E-state index in [9.17, 15) is 0 Å². The molecule has 0 saturated heterocycles. The summed E-state index contributed by atoms with van der Waals surface area (Å²) in [5.74, 6) is 0. The van der Waals surface area contributed by atoms with Crippen molar-refractivity contribution >= 4 is 38.9 Å². The van der Waals surface area contributed by atoms with Crippen LogP contribution in [0.1, 0.15) is 47.2 Å². The van der Waals surface area contributed by atoms with E-state index in [-0.39, 0.29) is 5.41 Å². The summed E-state index contributed by atoms with van der Waals surface area (Å²) in [6, 6.07) is 86.4. The molecule has 0 amide bonds. The zero-order chi connectivity index (χ0) is 43.7. The number of para-hydroxylation sites is 4. The Balaban J connectivity index is 1.06. The van der Waals surface area contributed by atoms with Gasteiger partial charge >= 0.3 is 0 Å². The Bertz CT molecular complexity index is 3800. The number of aromatic nitrogens is 1. The third-order valence-corrected chi connectivity index (χ3v) is 15.2. The molecule has 11 aromatic rings. The van der Waals surface area contributed by atoms with E-state index in [4.69, 9.17) is 0 Å². The van der Waals surface area contributed by atoms with Gasteiger partial charge < -0.3 is 9.47 Å². The Morgan fingerprint density at radius 3 is 1.79 bits per heavy atom. The fourth-order valence-corrected chi connectivity index (χ4v) is 12.4. The summed E-state index contributed by atoms with van der Waals surface area (Å²) in [6.07, 6.45) is 0. The molecule has 1 spiro atoms. The van der Waals surface area contributed by atoms with Gasteiger partial charge in [0.05, 0.1) is 33.5 Å². The largest absolute Gasteiger partial charge is 0.309 e. The van der Waals surface area contributed by atoms with Crippen LogP contribution in [0, 0.1) is 0 Å². The van der Waals surface area contributed by atoms with Gasteiger partial charge in [0.25, 0.3) is 0 Å². The first-order chi connectivity index (χ1) is 32.5. The second-order valence-corrected chi connectivity index (χ2v) is 18.8. The van der Waals surface area contributed by atoms with Crippen molar-refractivity contribution in [2.45, 2.75) is 24.7 Å². The SMILES string of the molecule is CC1(C)c2ccccc2-c2ccc(N(c3ccccc3-c3ccc(-c4ccccc4)cc3)c3cccc4c3-c3ccccc3C43c4ccccc4-n4c5ccccc5c5cccc3c54)cc21. The van der Waals surface area contributed by atoms with Crippen LogP contribution in [-0.4, -0.2) is 4.57 Å². The molecule has 66 heavy (non-hydrogen) atoms. The minimum atomic E-state index is -0.567. The van der Waals surface area contributed by atoms with E-state index in [1.54, 1.807) is 0 Å². The zero-order valence-electron chi connectivity index (χ0n) is 36.8. The molecule has 0 radical (unpaired) electrons. The van der Waals surface area contributed by atoms with Gasteiger partial charge in [-0.05, 0) is 103 Å². The van der Waals surface area contributed by atoms with Crippen LogP contribution in [0.5, 0.6) is 0 Å². The van der Waals surface area contributed by atoms with Crippen LogP contribution in [0.25, 0.3) is 72.0 Å². The number of hydrogen-bond donors (Lipinski definition) is 0. The third-order valence-electron chi connectivity index (χ3n) is 15.2. The monoisotopic (exact) mass is 840 g/mol. The van der Waals surface area contributed by atoms with E-state index < -0.39 is 5.41 Å². The van der Waals surface area contributed by atoms with E-state index in [1.165, 1.54) is 105 Å². The smallest absolute Gasteiger partial charge is 0.0755 e. The second kappa shape index (κ2) is 13.7. The molecule has 1 aliphatic heterocycles. The fourth-order valence-electron chi connectivity index (χ4n) is 12.4. The van der Waals surface area contributed by atoms with Crippen LogP contribution in [0.2, 0.25) is 0 Å².